The van der Waals surface area contributed by atoms with Gasteiger partial charge in [-0.05, 0) is 38.0 Å². The maximum Gasteiger partial charge on any atom is 0.101 e. The zero-order valence-electron chi connectivity index (χ0n) is 9.75. The van der Waals surface area contributed by atoms with Gasteiger partial charge in [-0.3, -0.25) is 0 Å². The summed E-state index contributed by atoms with van der Waals surface area (Å²) in [6, 6.07) is 8.59. The van der Waals surface area contributed by atoms with Crippen LogP contribution in [0.25, 0.3) is 0 Å². The lowest BCUT2D eigenvalue weighted by Crippen LogP contribution is -1.95. The van der Waals surface area contributed by atoms with Crippen LogP contribution in [0.15, 0.2) is 34.9 Å². The van der Waals surface area contributed by atoms with Crippen molar-refractivity contribution in [2.45, 2.75) is 25.6 Å². The van der Waals surface area contributed by atoms with E-state index in [0.29, 0.717) is 0 Å². The summed E-state index contributed by atoms with van der Waals surface area (Å²) in [5.74, 6) is 0.949. The van der Waals surface area contributed by atoms with E-state index in [1.54, 1.807) is 0 Å². The van der Waals surface area contributed by atoms with Crippen molar-refractivity contribution in [3.8, 4) is 0 Å². The van der Waals surface area contributed by atoms with Gasteiger partial charge in [-0.2, -0.15) is 0 Å². The molecular weight excluding hydrogens is 264 g/mol. The number of halogens is 1. The molecular formula is C14H15BrO. The van der Waals surface area contributed by atoms with E-state index in [4.69, 9.17) is 4.42 Å². The molecule has 0 fully saturated rings. The van der Waals surface area contributed by atoms with Gasteiger partial charge in [-0.25, -0.2) is 0 Å². The lowest BCUT2D eigenvalue weighted by Gasteiger charge is -2.12. The summed E-state index contributed by atoms with van der Waals surface area (Å²) in [6.45, 7) is 6.21. The van der Waals surface area contributed by atoms with Crippen LogP contribution in [-0.2, 0) is 0 Å². The summed E-state index contributed by atoms with van der Waals surface area (Å²) >= 11 is 3.73. The van der Waals surface area contributed by atoms with Gasteiger partial charge < -0.3 is 4.42 Å². The molecule has 0 aliphatic carbocycles. The van der Waals surface area contributed by atoms with E-state index in [1.807, 2.05) is 13.2 Å². The molecule has 0 N–H and O–H groups in total. The Bertz CT molecular complexity index is 499. The predicted molar refractivity (Wildman–Crippen MR) is 70.1 cm³/mol. The molecule has 2 rings (SSSR count). The largest absolute Gasteiger partial charge is 0.469 e. The van der Waals surface area contributed by atoms with Gasteiger partial charge in [0.2, 0.25) is 0 Å². The van der Waals surface area contributed by atoms with Gasteiger partial charge in [0.15, 0.2) is 0 Å². The molecule has 1 aromatic heterocycles. The van der Waals surface area contributed by atoms with Crippen LogP contribution < -0.4 is 0 Å². The van der Waals surface area contributed by atoms with Crippen LogP contribution in [0, 0.1) is 20.8 Å². The Labute approximate surface area is 105 Å². The van der Waals surface area contributed by atoms with Crippen molar-refractivity contribution in [3.05, 3.63) is 58.5 Å². The molecule has 1 nitrogen and oxygen atoms in total. The summed E-state index contributed by atoms with van der Waals surface area (Å²) in [4.78, 5) is 0.213. The van der Waals surface area contributed by atoms with E-state index in [2.05, 4.69) is 54.0 Å². The molecule has 0 saturated carbocycles. The summed E-state index contributed by atoms with van der Waals surface area (Å²) < 4.78 is 5.35. The minimum atomic E-state index is 0.213. The molecule has 1 heterocycles. The molecule has 0 saturated heterocycles. The second kappa shape index (κ2) is 4.46. The Morgan fingerprint density at radius 2 is 1.88 bits per heavy atom. The third-order valence-electron chi connectivity index (χ3n) is 2.75. The van der Waals surface area contributed by atoms with Gasteiger partial charge in [0.1, 0.15) is 5.76 Å². The molecule has 0 spiro atoms. The Morgan fingerprint density at radius 1 is 1.12 bits per heavy atom. The average molecular weight is 279 g/mol. The SMILES string of the molecule is Cc1ccc(C)c(C(Br)c2coc(C)c2)c1. The average Bonchev–Trinajstić information content (AvgIpc) is 2.67. The van der Waals surface area contributed by atoms with Gasteiger partial charge in [0.25, 0.3) is 0 Å². The standard InChI is InChI=1S/C14H15BrO/c1-9-4-5-10(2)13(6-9)14(15)12-7-11(3)16-8-12/h4-8,14H,1-3H3. The number of rotatable bonds is 2. The zero-order chi connectivity index (χ0) is 11.7. The molecule has 0 radical (unpaired) electrons. The van der Waals surface area contributed by atoms with Gasteiger partial charge in [0.05, 0.1) is 11.1 Å². The van der Waals surface area contributed by atoms with E-state index in [0.717, 1.165) is 5.76 Å². The molecule has 1 unspecified atom stereocenters. The number of hydrogen-bond acceptors (Lipinski definition) is 1. The fraction of sp³-hybridized carbons (Fsp3) is 0.286. The normalized spacial score (nSPS) is 12.8. The second-order valence-electron chi connectivity index (χ2n) is 4.21. The van der Waals surface area contributed by atoms with Gasteiger partial charge >= 0.3 is 0 Å². The predicted octanol–water partition coefficient (Wildman–Crippen LogP) is 4.69. The lowest BCUT2D eigenvalue weighted by atomic mass is 10.00. The van der Waals surface area contributed by atoms with Crippen molar-refractivity contribution in [3.63, 3.8) is 0 Å². The molecule has 1 atom stereocenters. The molecule has 0 bridgehead atoms. The van der Waals surface area contributed by atoms with Crippen LogP contribution in [0.3, 0.4) is 0 Å². The van der Waals surface area contributed by atoms with Crippen molar-refractivity contribution in [2.75, 3.05) is 0 Å². The Kier molecular flexibility index (Phi) is 3.20. The van der Waals surface area contributed by atoms with Crippen molar-refractivity contribution in [2.24, 2.45) is 0 Å². The number of alkyl halides is 1. The number of aryl methyl sites for hydroxylation is 3. The summed E-state index contributed by atoms with van der Waals surface area (Å²) in [6.07, 6.45) is 1.82. The zero-order valence-corrected chi connectivity index (χ0v) is 11.3. The minimum absolute atomic E-state index is 0.213. The van der Waals surface area contributed by atoms with Crippen LogP contribution in [-0.4, -0.2) is 0 Å². The minimum Gasteiger partial charge on any atom is -0.469 e. The van der Waals surface area contributed by atoms with Crippen LogP contribution in [0.2, 0.25) is 0 Å². The van der Waals surface area contributed by atoms with Crippen molar-refractivity contribution in [1.29, 1.82) is 0 Å². The second-order valence-corrected chi connectivity index (χ2v) is 5.13. The molecule has 0 aliphatic rings. The maximum absolute atomic E-state index is 5.35. The highest BCUT2D eigenvalue weighted by Gasteiger charge is 2.14. The van der Waals surface area contributed by atoms with E-state index in [9.17, 15) is 0 Å². The number of furan rings is 1. The summed E-state index contributed by atoms with van der Waals surface area (Å²) in [5.41, 5.74) is 5.06. The molecule has 2 aromatic rings. The highest BCUT2D eigenvalue weighted by atomic mass is 79.9. The summed E-state index contributed by atoms with van der Waals surface area (Å²) in [7, 11) is 0. The van der Waals surface area contributed by atoms with Gasteiger partial charge in [0, 0.05) is 5.56 Å². The molecule has 0 amide bonds. The molecule has 1 aromatic carbocycles. The van der Waals surface area contributed by atoms with Gasteiger partial charge in [-0.15, -0.1) is 0 Å². The molecule has 0 aliphatic heterocycles. The quantitative estimate of drug-likeness (QED) is 0.727. The third-order valence-corrected chi connectivity index (χ3v) is 3.77. The van der Waals surface area contributed by atoms with Crippen molar-refractivity contribution < 1.29 is 4.42 Å². The van der Waals surface area contributed by atoms with E-state index < -0.39 is 0 Å². The smallest absolute Gasteiger partial charge is 0.101 e. The van der Waals surface area contributed by atoms with E-state index in [-0.39, 0.29) is 4.83 Å². The first-order valence-corrected chi connectivity index (χ1v) is 6.26. The van der Waals surface area contributed by atoms with Crippen molar-refractivity contribution >= 4 is 15.9 Å². The Morgan fingerprint density at radius 3 is 2.50 bits per heavy atom. The first kappa shape index (κ1) is 11.5. The fourth-order valence-electron chi connectivity index (χ4n) is 1.81. The summed E-state index contributed by atoms with van der Waals surface area (Å²) in [5, 5.41) is 0. The Balaban J connectivity index is 2.40. The Hall–Kier alpha value is -1.02. The van der Waals surface area contributed by atoms with E-state index >= 15 is 0 Å². The van der Waals surface area contributed by atoms with Crippen molar-refractivity contribution in [1.82, 2.24) is 0 Å². The first-order valence-electron chi connectivity index (χ1n) is 5.34. The number of benzene rings is 1. The maximum atomic E-state index is 5.35. The monoisotopic (exact) mass is 278 g/mol. The highest BCUT2D eigenvalue weighted by Crippen LogP contribution is 2.34. The number of hydrogen-bond donors (Lipinski definition) is 0. The first-order chi connectivity index (χ1) is 7.58. The lowest BCUT2D eigenvalue weighted by molar-refractivity contribution is 0.532. The van der Waals surface area contributed by atoms with E-state index in [1.165, 1.54) is 22.3 Å². The fourth-order valence-corrected chi connectivity index (χ4v) is 2.54. The van der Waals surface area contributed by atoms with Crippen LogP contribution in [0.5, 0.6) is 0 Å². The highest BCUT2D eigenvalue weighted by molar-refractivity contribution is 9.09. The molecule has 84 valence electrons. The topological polar surface area (TPSA) is 13.1 Å². The van der Waals surface area contributed by atoms with Gasteiger partial charge in [-0.1, -0.05) is 39.7 Å². The van der Waals surface area contributed by atoms with Crippen LogP contribution >= 0.6 is 15.9 Å². The van der Waals surface area contributed by atoms with Crippen LogP contribution in [0.1, 0.15) is 32.8 Å². The molecule has 16 heavy (non-hydrogen) atoms. The van der Waals surface area contributed by atoms with Crippen LogP contribution in [0.4, 0.5) is 0 Å². The third kappa shape index (κ3) is 2.22. The molecule has 2 heteroatoms.